The predicted octanol–water partition coefficient (Wildman–Crippen LogP) is -0.623. The number of hydrogen-bond donors (Lipinski definition) is 2. The van der Waals surface area contributed by atoms with E-state index in [-0.39, 0.29) is 0 Å². The van der Waals surface area contributed by atoms with Gasteiger partial charge in [-0.15, -0.1) is 0 Å². The van der Waals surface area contributed by atoms with Crippen LogP contribution in [0.25, 0.3) is 0 Å². The van der Waals surface area contributed by atoms with Gasteiger partial charge in [0.2, 0.25) is 0 Å². The summed E-state index contributed by atoms with van der Waals surface area (Å²) in [6.07, 6.45) is 1.50. The molecule has 1 aliphatic rings. The van der Waals surface area contributed by atoms with Crippen molar-refractivity contribution < 1.29 is 14.6 Å². The van der Waals surface area contributed by atoms with Gasteiger partial charge in [-0.25, -0.2) is 5.01 Å². The van der Waals surface area contributed by atoms with Gasteiger partial charge in [0.25, 0.3) is 0 Å². The normalized spacial score (nSPS) is 24.2. The molecule has 1 aliphatic heterocycles. The zero-order chi connectivity index (χ0) is 8.43. The van der Waals surface area contributed by atoms with Crippen molar-refractivity contribution in [3.8, 4) is 0 Å². The second-order valence-corrected chi connectivity index (χ2v) is 2.24. The van der Waals surface area contributed by atoms with Crippen LogP contribution in [0.15, 0.2) is 12.0 Å². The van der Waals surface area contributed by atoms with Crippen molar-refractivity contribution in [1.29, 1.82) is 0 Å². The lowest BCUT2D eigenvalue weighted by Crippen LogP contribution is -2.39. The molecule has 1 heterocycles. The first kappa shape index (κ1) is 7.87. The van der Waals surface area contributed by atoms with Crippen molar-refractivity contribution in [3.63, 3.8) is 0 Å². The first-order valence-corrected chi connectivity index (χ1v) is 3.13. The lowest BCUT2D eigenvalue weighted by molar-refractivity contribution is -0.141. The molecule has 0 aromatic heterocycles. The number of ether oxygens (including phenoxy) is 1. The maximum atomic E-state index is 10.5. The smallest absolute Gasteiger partial charge is 0.326 e. The molecule has 0 spiro atoms. The van der Waals surface area contributed by atoms with E-state index in [4.69, 9.17) is 9.84 Å². The number of hydrogen-bond acceptors (Lipinski definition) is 4. The molecule has 1 unspecified atom stereocenters. The van der Waals surface area contributed by atoms with E-state index in [0.29, 0.717) is 5.88 Å². The Kier molecular flexibility index (Phi) is 2.00. The third kappa shape index (κ3) is 1.43. The minimum atomic E-state index is -0.896. The van der Waals surface area contributed by atoms with Crippen LogP contribution in [0.5, 0.6) is 0 Å². The molecule has 1 rings (SSSR count). The van der Waals surface area contributed by atoms with E-state index in [2.05, 4.69) is 5.43 Å². The SMILES string of the molecule is COC1=CC(C(=O)O)N(C)N1. The number of nitrogens with zero attached hydrogens (tertiary/aromatic N) is 1. The van der Waals surface area contributed by atoms with Crippen molar-refractivity contribution in [2.45, 2.75) is 6.04 Å². The van der Waals surface area contributed by atoms with E-state index in [9.17, 15) is 4.79 Å². The summed E-state index contributed by atoms with van der Waals surface area (Å²) in [4.78, 5) is 10.5. The van der Waals surface area contributed by atoms with Crippen molar-refractivity contribution in [2.24, 2.45) is 0 Å². The van der Waals surface area contributed by atoms with E-state index < -0.39 is 12.0 Å². The number of methoxy groups -OCH3 is 1. The molecule has 2 N–H and O–H groups in total. The number of carboxylic acid groups (broad SMARTS) is 1. The Balaban J connectivity index is 2.68. The van der Waals surface area contributed by atoms with Gasteiger partial charge < -0.3 is 9.84 Å². The monoisotopic (exact) mass is 158 g/mol. The van der Waals surface area contributed by atoms with Gasteiger partial charge in [0.1, 0.15) is 6.04 Å². The van der Waals surface area contributed by atoms with Gasteiger partial charge in [-0.05, 0) is 0 Å². The van der Waals surface area contributed by atoms with Gasteiger partial charge >= 0.3 is 5.97 Å². The Bertz CT molecular complexity index is 202. The number of hydrazine groups is 1. The topological polar surface area (TPSA) is 61.8 Å². The summed E-state index contributed by atoms with van der Waals surface area (Å²) in [5, 5.41) is 10.1. The molecule has 0 saturated heterocycles. The maximum absolute atomic E-state index is 10.5. The molecule has 0 bridgehead atoms. The molecule has 11 heavy (non-hydrogen) atoms. The lowest BCUT2D eigenvalue weighted by Gasteiger charge is -2.14. The van der Waals surface area contributed by atoms with Crippen LogP contribution in [0.1, 0.15) is 0 Å². The van der Waals surface area contributed by atoms with Gasteiger partial charge in [-0.2, -0.15) is 0 Å². The Labute approximate surface area is 64.2 Å². The fourth-order valence-corrected chi connectivity index (χ4v) is 0.886. The van der Waals surface area contributed by atoms with Gasteiger partial charge in [-0.3, -0.25) is 10.2 Å². The van der Waals surface area contributed by atoms with E-state index in [1.807, 2.05) is 0 Å². The average molecular weight is 158 g/mol. The standard InChI is InChI=1S/C6H10N2O3/c1-8-4(6(9)10)3-5(7-8)11-2/h3-4,7H,1-2H3,(H,9,10). The molecular formula is C6H10N2O3. The van der Waals surface area contributed by atoms with Crippen LogP contribution < -0.4 is 5.43 Å². The summed E-state index contributed by atoms with van der Waals surface area (Å²) >= 11 is 0. The molecule has 0 aliphatic carbocycles. The fraction of sp³-hybridized carbons (Fsp3) is 0.500. The third-order valence-electron chi connectivity index (χ3n) is 1.49. The molecule has 0 radical (unpaired) electrons. The van der Waals surface area contributed by atoms with E-state index in [1.165, 1.54) is 18.2 Å². The highest BCUT2D eigenvalue weighted by atomic mass is 16.5. The van der Waals surface area contributed by atoms with Crippen molar-refractivity contribution in [2.75, 3.05) is 14.2 Å². The largest absolute Gasteiger partial charge is 0.482 e. The Morgan fingerprint density at radius 1 is 1.91 bits per heavy atom. The second-order valence-electron chi connectivity index (χ2n) is 2.24. The van der Waals surface area contributed by atoms with E-state index >= 15 is 0 Å². The van der Waals surface area contributed by atoms with Crippen LogP contribution in [-0.2, 0) is 9.53 Å². The fourth-order valence-electron chi connectivity index (χ4n) is 0.886. The van der Waals surface area contributed by atoms with Crippen LogP contribution in [0.2, 0.25) is 0 Å². The summed E-state index contributed by atoms with van der Waals surface area (Å²) in [5.41, 5.74) is 2.73. The molecule has 62 valence electrons. The summed E-state index contributed by atoms with van der Waals surface area (Å²) in [7, 11) is 3.12. The first-order chi connectivity index (χ1) is 5.15. The Morgan fingerprint density at radius 3 is 2.82 bits per heavy atom. The second kappa shape index (κ2) is 2.79. The minimum Gasteiger partial charge on any atom is -0.482 e. The zero-order valence-corrected chi connectivity index (χ0v) is 6.37. The highest BCUT2D eigenvalue weighted by molar-refractivity contribution is 5.76. The lowest BCUT2D eigenvalue weighted by atomic mass is 10.3. The quantitative estimate of drug-likeness (QED) is 0.560. The first-order valence-electron chi connectivity index (χ1n) is 3.13. The van der Waals surface area contributed by atoms with Gasteiger partial charge in [0, 0.05) is 13.1 Å². The van der Waals surface area contributed by atoms with Gasteiger partial charge in [0.05, 0.1) is 7.11 Å². The van der Waals surface area contributed by atoms with Crippen molar-refractivity contribution in [1.82, 2.24) is 10.4 Å². The van der Waals surface area contributed by atoms with Crippen LogP contribution in [0, 0.1) is 0 Å². The van der Waals surface area contributed by atoms with Crippen molar-refractivity contribution in [3.05, 3.63) is 12.0 Å². The van der Waals surface area contributed by atoms with Crippen LogP contribution in [0.3, 0.4) is 0 Å². The molecule has 1 atom stereocenters. The highest BCUT2D eigenvalue weighted by Crippen LogP contribution is 2.08. The third-order valence-corrected chi connectivity index (χ3v) is 1.49. The summed E-state index contributed by atoms with van der Waals surface area (Å²) in [5.74, 6) is -0.424. The molecule has 5 nitrogen and oxygen atoms in total. The maximum Gasteiger partial charge on any atom is 0.326 e. The summed E-state index contributed by atoms with van der Waals surface area (Å²) in [6, 6.07) is -0.634. The molecule has 5 heteroatoms. The minimum absolute atomic E-state index is 0.472. The number of rotatable bonds is 2. The number of aliphatic carboxylic acids is 1. The number of carbonyl (C=O) groups is 1. The molecule has 0 fully saturated rings. The zero-order valence-electron chi connectivity index (χ0n) is 6.37. The van der Waals surface area contributed by atoms with Crippen molar-refractivity contribution >= 4 is 5.97 Å². The Morgan fingerprint density at radius 2 is 2.55 bits per heavy atom. The molecular weight excluding hydrogens is 148 g/mol. The molecule has 0 aromatic rings. The molecule has 0 saturated carbocycles. The van der Waals surface area contributed by atoms with Crippen LogP contribution >= 0.6 is 0 Å². The van der Waals surface area contributed by atoms with Gasteiger partial charge in [0.15, 0.2) is 5.88 Å². The number of nitrogens with one attached hydrogen (secondary N) is 1. The van der Waals surface area contributed by atoms with Crippen LogP contribution in [0.4, 0.5) is 0 Å². The number of likely N-dealkylation sites (N-methyl/N-ethyl adjacent to an activating group) is 1. The summed E-state index contributed by atoms with van der Waals surface area (Å²) < 4.78 is 4.81. The average Bonchev–Trinajstić information content (AvgIpc) is 2.30. The summed E-state index contributed by atoms with van der Waals surface area (Å²) in [6.45, 7) is 0. The van der Waals surface area contributed by atoms with Gasteiger partial charge in [-0.1, -0.05) is 0 Å². The molecule has 0 aromatic carbocycles. The van der Waals surface area contributed by atoms with E-state index in [1.54, 1.807) is 7.05 Å². The highest BCUT2D eigenvalue weighted by Gasteiger charge is 2.27. The van der Waals surface area contributed by atoms with Crippen LogP contribution in [-0.4, -0.2) is 36.3 Å². The predicted molar refractivity (Wildman–Crippen MR) is 37.4 cm³/mol. The molecule has 0 amide bonds. The number of carboxylic acids is 1. The Hall–Kier alpha value is -1.23. The van der Waals surface area contributed by atoms with E-state index in [0.717, 1.165) is 0 Å².